The van der Waals surface area contributed by atoms with Crippen molar-refractivity contribution in [2.75, 3.05) is 39.8 Å². The van der Waals surface area contributed by atoms with Crippen LogP contribution in [0.25, 0.3) is 0 Å². The minimum absolute atomic E-state index is 0.0876. The van der Waals surface area contributed by atoms with E-state index in [-0.39, 0.29) is 17.3 Å². The number of nitrogens with one attached hydrogen (secondary N) is 1. The normalized spacial score (nSPS) is 15.5. The Morgan fingerprint density at radius 3 is 2.61 bits per heavy atom. The second-order valence-electron chi connectivity index (χ2n) is 5.48. The number of carbonyl (C=O) groups excluding carboxylic acids is 1. The number of rotatable bonds is 4. The number of likely N-dealkylation sites (N-methyl/N-ethyl adjacent to an activating group) is 1. The van der Waals surface area contributed by atoms with E-state index in [0.29, 0.717) is 24.2 Å². The summed E-state index contributed by atoms with van der Waals surface area (Å²) in [5.74, 6) is -0.206. The molecule has 1 aliphatic rings. The van der Waals surface area contributed by atoms with E-state index in [2.05, 4.69) is 5.32 Å². The monoisotopic (exact) mass is 336 g/mol. The van der Waals surface area contributed by atoms with E-state index in [1.165, 1.54) is 25.2 Å². The number of amides is 1. The van der Waals surface area contributed by atoms with Crippen molar-refractivity contribution in [2.24, 2.45) is 0 Å². The molecule has 1 amide bonds. The van der Waals surface area contributed by atoms with E-state index in [1.807, 2.05) is 6.07 Å². The van der Waals surface area contributed by atoms with Crippen LogP contribution in [0.2, 0.25) is 0 Å². The van der Waals surface area contributed by atoms with Gasteiger partial charge in [-0.25, -0.2) is 8.42 Å². The maximum Gasteiger partial charge on any atom is 0.243 e. The Morgan fingerprint density at radius 1 is 1.39 bits per heavy atom. The third-order valence-corrected chi connectivity index (χ3v) is 5.65. The van der Waals surface area contributed by atoms with Gasteiger partial charge in [-0.2, -0.15) is 9.57 Å². The number of aryl methyl sites for hydroxylation is 1. The van der Waals surface area contributed by atoms with Gasteiger partial charge in [0.25, 0.3) is 0 Å². The van der Waals surface area contributed by atoms with Crippen LogP contribution in [0.5, 0.6) is 0 Å². The van der Waals surface area contributed by atoms with Crippen molar-refractivity contribution < 1.29 is 13.2 Å². The third-order valence-electron chi connectivity index (χ3n) is 3.85. The Balaban J connectivity index is 2.13. The molecule has 1 saturated heterocycles. The van der Waals surface area contributed by atoms with Crippen molar-refractivity contribution in [1.82, 2.24) is 14.5 Å². The van der Waals surface area contributed by atoms with Gasteiger partial charge in [0.05, 0.1) is 23.1 Å². The molecule has 0 saturated carbocycles. The quantitative estimate of drug-likeness (QED) is 0.830. The van der Waals surface area contributed by atoms with Gasteiger partial charge in [-0.3, -0.25) is 4.79 Å². The smallest absolute Gasteiger partial charge is 0.243 e. The maximum atomic E-state index is 12.6. The van der Waals surface area contributed by atoms with Gasteiger partial charge in [0, 0.05) is 33.2 Å². The van der Waals surface area contributed by atoms with Gasteiger partial charge >= 0.3 is 0 Å². The number of benzene rings is 1. The van der Waals surface area contributed by atoms with Crippen LogP contribution in [-0.2, 0) is 14.8 Å². The molecule has 1 N–H and O–H groups in total. The van der Waals surface area contributed by atoms with Crippen LogP contribution in [0.4, 0.5) is 0 Å². The molecule has 0 radical (unpaired) electrons. The lowest BCUT2D eigenvalue weighted by Crippen LogP contribution is -2.49. The van der Waals surface area contributed by atoms with E-state index in [0.717, 1.165) is 17.4 Å². The Hall–Kier alpha value is -1.95. The summed E-state index contributed by atoms with van der Waals surface area (Å²) in [6.07, 6.45) is 0. The van der Waals surface area contributed by atoms with Crippen molar-refractivity contribution in [1.29, 1.82) is 5.26 Å². The molecular formula is C15H20N4O3S. The molecule has 0 spiro atoms. The van der Waals surface area contributed by atoms with E-state index in [9.17, 15) is 13.2 Å². The van der Waals surface area contributed by atoms with E-state index >= 15 is 0 Å². The van der Waals surface area contributed by atoms with E-state index in [4.69, 9.17) is 5.26 Å². The van der Waals surface area contributed by atoms with Crippen LogP contribution in [0.3, 0.4) is 0 Å². The van der Waals surface area contributed by atoms with Gasteiger partial charge < -0.3 is 10.2 Å². The molecule has 23 heavy (non-hydrogen) atoms. The first kappa shape index (κ1) is 17.4. The molecule has 7 nitrogen and oxygen atoms in total. The Kier molecular flexibility index (Phi) is 5.36. The van der Waals surface area contributed by atoms with Gasteiger partial charge in [-0.05, 0) is 30.7 Å². The topological polar surface area (TPSA) is 93.5 Å². The molecule has 0 atom stereocenters. The largest absolute Gasteiger partial charge is 0.339 e. The first-order chi connectivity index (χ1) is 10.9. The zero-order valence-electron chi connectivity index (χ0n) is 13.2. The van der Waals surface area contributed by atoms with Gasteiger partial charge in [0.1, 0.15) is 0 Å². The minimum Gasteiger partial charge on any atom is -0.339 e. The Morgan fingerprint density at radius 2 is 2.04 bits per heavy atom. The summed E-state index contributed by atoms with van der Waals surface area (Å²) in [7, 11) is -2.37. The second kappa shape index (κ2) is 7.08. The molecular weight excluding hydrogens is 316 g/mol. The fraction of sp³-hybridized carbons (Fsp3) is 0.467. The highest BCUT2D eigenvalue weighted by atomic mass is 32.2. The first-order valence-electron chi connectivity index (χ1n) is 7.32. The molecule has 0 unspecified atom stereocenters. The summed E-state index contributed by atoms with van der Waals surface area (Å²) >= 11 is 0. The maximum absolute atomic E-state index is 12.6. The molecule has 124 valence electrons. The van der Waals surface area contributed by atoms with Crippen molar-refractivity contribution in [3.8, 4) is 6.07 Å². The predicted molar refractivity (Wildman–Crippen MR) is 85.2 cm³/mol. The van der Waals surface area contributed by atoms with Crippen molar-refractivity contribution in [3.05, 3.63) is 29.3 Å². The van der Waals surface area contributed by atoms with Crippen molar-refractivity contribution >= 4 is 15.9 Å². The van der Waals surface area contributed by atoms with Crippen LogP contribution in [0.1, 0.15) is 11.1 Å². The number of nitriles is 1. The SMILES string of the molecule is Cc1cc(S(=O)(=O)N(C)CC(=O)N2CCNCC2)ccc1C#N. The molecule has 8 heteroatoms. The minimum atomic E-state index is -3.76. The van der Waals surface area contributed by atoms with Crippen LogP contribution in [-0.4, -0.2) is 63.3 Å². The van der Waals surface area contributed by atoms with Gasteiger partial charge in [0.2, 0.25) is 15.9 Å². The zero-order valence-corrected chi connectivity index (χ0v) is 14.1. The summed E-state index contributed by atoms with van der Waals surface area (Å²) in [5, 5.41) is 12.1. The third kappa shape index (κ3) is 3.88. The van der Waals surface area contributed by atoms with Crippen molar-refractivity contribution in [2.45, 2.75) is 11.8 Å². The Bertz CT molecular complexity index is 734. The highest BCUT2D eigenvalue weighted by Crippen LogP contribution is 2.18. The van der Waals surface area contributed by atoms with Gasteiger partial charge in [-0.1, -0.05) is 0 Å². The second-order valence-corrected chi connectivity index (χ2v) is 7.53. The number of sulfonamides is 1. The highest BCUT2D eigenvalue weighted by Gasteiger charge is 2.26. The van der Waals surface area contributed by atoms with E-state index in [1.54, 1.807) is 11.8 Å². The average molecular weight is 336 g/mol. The summed E-state index contributed by atoms with van der Waals surface area (Å²) in [6, 6.07) is 6.34. The predicted octanol–water partition coefficient (Wildman–Crippen LogP) is -0.0810. The van der Waals surface area contributed by atoms with Gasteiger partial charge in [0.15, 0.2) is 0 Å². The first-order valence-corrected chi connectivity index (χ1v) is 8.76. The van der Waals surface area contributed by atoms with Crippen LogP contribution >= 0.6 is 0 Å². The molecule has 1 aromatic carbocycles. The molecule has 0 aliphatic carbocycles. The molecule has 1 aromatic rings. The fourth-order valence-electron chi connectivity index (χ4n) is 2.39. The summed E-state index contributed by atoms with van der Waals surface area (Å²) in [5.41, 5.74) is 1.03. The highest BCUT2D eigenvalue weighted by molar-refractivity contribution is 7.89. The molecule has 2 rings (SSSR count). The molecule has 1 aliphatic heterocycles. The van der Waals surface area contributed by atoms with Crippen LogP contribution in [0, 0.1) is 18.3 Å². The van der Waals surface area contributed by atoms with Crippen LogP contribution < -0.4 is 5.32 Å². The number of hydrogen-bond acceptors (Lipinski definition) is 5. The van der Waals surface area contributed by atoms with E-state index < -0.39 is 10.0 Å². The summed E-state index contributed by atoms with van der Waals surface area (Å²) < 4.78 is 26.2. The Labute approximate surface area is 136 Å². The number of carbonyl (C=O) groups is 1. The molecule has 0 bridgehead atoms. The molecule has 1 heterocycles. The van der Waals surface area contributed by atoms with Gasteiger partial charge in [-0.15, -0.1) is 0 Å². The average Bonchev–Trinajstić information content (AvgIpc) is 2.55. The summed E-state index contributed by atoms with van der Waals surface area (Å²) in [6.45, 7) is 4.10. The lowest BCUT2D eigenvalue weighted by Gasteiger charge is -2.29. The summed E-state index contributed by atoms with van der Waals surface area (Å²) in [4.78, 5) is 13.9. The standard InChI is InChI=1S/C15H20N4O3S/c1-12-9-14(4-3-13(12)10-16)23(21,22)18(2)11-15(20)19-7-5-17-6-8-19/h3-4,9,17H,5-8,11H2,1-2H3. The van der Waals surface area contributed by atoms with Crippen molar-refractivity contribution in [3.63, 3.8) is 0 Å². The molecule has 0 aromatic heterocycles. The fourth-order valence-corrected chi connectivity index (χ4v) is 3.60. The molecule has 1 fully saturated rings. The van der Waals surface area contributed by atoms with Crippen LogP contribution in [0.15, 0.2) is 23.1 Å². The number of nitrogens with zero attached hydrogens (tertiary/aromatic N) is 3. The zero-order chi connectivity index (χ0) is 17.0. The lowest BCUT2D eigenvalue weighted by molar-refractivity contribution is -0.131. The lowest BCUT2D eigenvalue weighted by atomic mass is 10.1. The number of piperazine rings is 1. The number of hydrogen-bond donors (Lipinski definition) is 1.